The zero-order valence-corrected chi connectivity index (χ0v) is 17.6. The van der Waals surface area contributed by atoms with Gasteiger partial charge in [-0.3, -0.25) is 0 Å². The lowest BCUT2D eigenvalue weighted by atomic mass is 10.0. The van der Waals surface area contributed by atoms with E-state index in [1.807, 2.05) is 6.07 Å². The molecule has 1 heterocycles. The zero-order chi connectivity index (χ0) is 19.5. The van der Waals surface area contributed by atoms with E-state index in [-0.39, 0.29) is 0 Å². The van der Waals surface area contributed by atoms with Crippen molar-refractivity contribution in [3.63, 3.8) is 0 Å². The molecule has 1 rings (SSSR count). The molecule has 1 aromatic rings. The van der Waals surface area contributed by atoms with E-state index in [4.69, 9.17) is 9.47 Å². The van der Waals surface area contributed by atoms with Crippen molar-refractivity contribution in [1.29, 1.82) is 0 Å². The number of hydrogen-bond donors (Lipinski definition) is 0. The second kappa shape index (κ2) is 11.6. The molecule has 144 valence electrons. The van der Waals surface area contributed by atoms with Crippen LogP contribution in [-0.4, -0.2) is 19.2 Å². The Morgan fingerprint density at radius 1 is 0.923 bits per heavy atom. The van der Waals surface area contributed by atoms with Crippen LogP contribution in [0.15, 0.2) is 41.0 Å². The first-order valence-electron chi connectivity index (χ1n) is 9.40. The highest BCUT2D eigenvalue weighted by Gasteiger charge is 2.09. The summed E-state index contributed by atoms with van der Waals surface area (Å²) in [5.74, 6) is 1.23. The Hall–Kier alpha value is -2.03. The van der Waals surface area contributed by atoms with Gasteiger partial charge in [-0.05, 0) is 71.9 Å². The summed E-state index contributed by atoms with van der Waals surface area (Å²) in [6, 6.07) is 1.99. The van der Waals surface area contributed by atoms with Crippen LogP contribution in [0.25, 0.3) is 0 Å². The van der Waals surface area contributed by atoms with Gasteiger partial charge in [0.25, 0.3) is 5.88 Å². The van der Waals surface area contributed by atoms with Crippen molar-refractivity contribution in [3.8, 4) is 11.6 Å². The van der Waals surface area contributed by atoms with Crippen molar-refractivity contribution >= 4 is 0 Å². The lowest BCUT2D eigenvalue weighted by Gasteiger charge is -2.10. The molecule has 0 radical (unpaired) electrons. The summed E-state index contributed by atoms with van der Waals surface area (Å²) < 4.78 is 10.6. The highest BCUT2D eigenvalue weighted by atomic mass is 16.5. The molecule has 0 N–H and O–H groups in total. The summed E-state index contributed by atoms with van der Waals surface area (Å²) in [7, 11) is 3.26. The van der Waals surface area contributed by atoms with Crippen LogP contribution in [-0.2, 0) is 6.42 Å². The Bertz CT molecular complexity index is 665. The number of hydrogen-bond acceptors (Lipinski definition) is 3. The van der Waals surface area contributed by atoms with Gasteiger partial charge in [0.05, 0.1) is 19.9 Å². The lowest BCUT2D eigenvalue weighted by molar-refractivity contribution is 0.341. The monoisotopic (exact) mass is 357 g/mol. The smallest absolute Gasteiger partial charge is 0.256 e. The zero-order valence-electron chi connectivity index (χ0n) is 17.6. The van der Waals surface area contributed by atoms with Crippen LogP contribution in [0.3, 0.4) is 0 Å². The highest BCUT2D eigenvalue weighted by molar-refractivity contribution is 5.40. The molecule has 0 fully saturated rings. The van der Waals surface area contributed by atoms with Crippen molar-refractivity contribution in [2.45, 2.75) is 66.7 Å². The Morgan fingerprint density at radius 3 is 2.12 bits per heavy atom. The van der Waals surface area contributed by atoms with E-state index in [0.29, 0.717) is 11.6 Å². The molecule has 0 saturated heterocycles. The van der Waals surface area contributed by atoms with Gasteiger partial charge < -0.3 is 9.47 Å². The van der Waals surface area contributed by atoms with Crippen LogP contribution >= 0.6 is 0 Å². The van der Waals surface area contributed by atoms with Gasteiger partial charge in [0.2, 0.25) is 0 Å². The number of rotatable bonds is 10. The van der Waals surface area contributed by atoms with E-state index in [1.54, 1.807) is 14.2 Å². The molecular formula is C23H35NO2. The normalized spacial score (nSPS) is 12.1. The summed E-state index contributed by atoms with van der Waals surface area (Å²) >= 11 is 0. The second-order valence-electron chi connectivity index (χ2n) is 7.13. The van der Waals surface area contributed by atoms with Crippen LogP contribution in [0.5, 0.6) is 11.6 Å². The molecule has 0 unspecified atom stereocenters. The molecule has 0 aliphatic carbocycles. The number of methoxy groups -OCH3 is 2. The third-order valence-corrected chi connectivity index (χ3v) is 4.43. The quantitative estimate of drug-likeness (QED) is 0.456. The van der Waals surface area contributed by atoms with Crippen LogP contribution in [0, 0.1) is 6.92 Å². The summed E-state index contributed by atoms with van der Waals surface area (Å²) in [4.78, 5) is 4.58. The maximum absolute atomic E-state index is 5.31. The fraction of sp³-hybridized carbons (Fsp3) is 0.522. The fourth-order valence-electron chi connectivity index (χ4n) is 2.72. The van der Waals surface area contributed by atoms with E-state index in [2.05, 4.69) is 57.8 Å². The minimum Gasteiger partial charge on any atom is -0.491 e. The molecule has 0 aliphatic heterocycles. The van der Waals surface area contributed by atoms with E-state index in [9.17, 15) is 0 Å². The van der Waals surface area contributed by atoms with Crippen LogP contribution in [0.2, 0.25) is 0 Å². The second-order valence-corrected chi connectivity index (χ2v) is 7.13. The molecule has 3 nitrogen and oxygen atoms in total. The average Bonchev–Trinajstić information content (AvgIpc) is 2.60. The van der Waals surface area contributed by atoms with Crippen LogP contribution in [0.1, 0.15) is 64.6 Å². The molecule has 0 spiro atoms. The highest BCUT2D eigenvalue weighted by Crippen LogP contribution is 2.27. The van der Waals surface area contributed by atoms with Gasteiger partial charge in [0.15, 0.2) is 5.75 Å². The standard InChI is InChI=1S/C23H35NO2/c1-17(2)10-8-11-18(3)12-9-13-19(4)14-15-21-20(5)16-22(25-6)23(24-21)26-7/h10,12,14,16H,8-9,11,13,15H2,1-7H3/b18-12+,19-14+. The van der Waals surface area contributed by atoms with Gasteiger partial charge >= 0.3 is 0 Å². The maximum Gasteiger partial charge on any atom is 0.256 e. The Balaban J connectivity index is 2.57. The molecule has 0 amide bonds. The first kappa shape index (κ1) is 22.0. The van der Waals surface area contributed by atoms with Gasteiger partial charge in [-0.25, -0.2) is 4.98 Å². The molecule has 0 saturated carbocycles. The largest absolute Gasteiger partial charge is 0.491 e. The minimum atomic E-state index is 0.550. The molecule has 0 aromatic carbocycles. The SMILES string of the molecule is COc1cc(C)c(C/C=C(\C)CC/C=C(\C)CCC=C(C)C)nc1OC. The fourth-order valence-corrected chi connectivity index (χ4v) is 2.72. The lowest BCUT2D eigenvalue weighted by Crippen LogP contribution is -2.00. The summed E-state index contributed by atoms with van der Waals surface area (Å²) in [6.07, 6.45) is 12.3. The molecule has 3 heteroatoms. The first-order valence-corrected chi connectivity index (χ1v) is 9.40. The third kappa shape index (κ3) is 7.90. The van der Waals surface area contributed by atoms with Crippen LogP contribution < -0.4 is 9.47 Å². The van der Waals surface area contributed by atoms with E-state index < -0.39 is 0 Å². The molecule has 26 heavy (non-hydrogen) atoms. The Morgan fingerprint density at radius 2 is 1.54 bits per heavy atom. The number of nitrogens with zero attached hydrogens (tertiary/aromatic N) is 1. The Kier molecular flexibility index (Phi) is 9.79. The average molecular weight is 358 g/mol. The minimum absolute atomic E-state index is 0.550. The molecule has 1 aromatic heterocycles. The van der Waals surface area contributed by atoms with Gasteiger partial charge in [-0.1, -0.05) is 34.9 Å². The summed E-state index contributed by atoms with van der Waals surface area (Å²) in [6.45, 7) is 10.8. The van der Waals surface area contributed by atoms with E-state index in [1.165, 1.54) is 16.7 Å². The van der Waals surface area contributed by atoms with Crippen molar-refractivity contribution in [1.82, 2.24) is 4.98 Å². The number of aromatic nitrogens is 1. The predicted molar refractivity (Wildman–Crippen MR) is 111 cm³/mol. The first-order chi connectivity index (χ1) is 12.4. The number of ether oxygens (including phenoxy) is 2. The van der Waals surface area contributed by atoms with Gasteiger partial charge in [-0.15, -0.1) is 0 Å². The number of allylic oxidation sites excluding steroid dienone is 6. The van der Waals surface area contributed by atoms with Gasteiger partial charge in [0, 0.05) is 6.42 Å². The van der Waals surface area contributed by atoms with E-state index >= 15 is 0 Å². The van der Waals surface area contributed by atoms with E-state index in [0.717, 1.165) is 43.4 Å². The van der Waals surface area contributed by atoms with Crippen LogP contribution in [0.4, 0.5) is 0 Å². The summed E-state index contributed by atoms with van der Waals surface area (Å²) in [5, 5.41) is 0. The number of aryl methyl sites for hydroxylation is 1. The molecule has 0 atom stereocenters. The third-order valence-electron chi connectivity index (χ3n) is 4.43. The molecular weight excluding hydrogens is 322 g/mol. The van der Waals surface area contributed by atoms with Crippen molar-refractivity contribution in [2.24, 2.45) is 0 Å². The summed E-state index contributed by atoms with van der Waals surface area (Å²) in [5.41, 5.74) is 6.44. The predicted octanol–water partition coefficient (Wildman–Crippen LogP) is 6.37. The van der Waals surface area contributed by atoms with Gasteiger partial charge in [0.1, 0.15) is 0 Å². The van der Waals surface area contributed by atoms with Crippen molar-refractivity contribution in [2.75, 3.05) is 14.2 Å². The topological polar surface area (TPSA) is 31.4 Å². The van der Waals surface area contributed by atoms with Crippen molar-refractivity contribution < 1.29 is 9.47 Å². The Labute approximate surface area is 159 Å². The maximum atomic E-state index is 5.31. The molecule has 0 aliphatic rings. The van der Waals surface area contributed by atoms with Crippen molar-refractivity contribution in [3.05, 3.63) is 52.3 Å². The van der Waals surface area contributed by atoms with Gasteiger partial charge in [-0.2, -0.15) is 0 Å². The molecule has 0 bridgehead atoms. The number of pyridine rings is 1.